The summed E-state index contributed by atoms with van der Waals surface area (Å²) in [4.78, 5) is 7.02. The first-order chi connectivity index (χ1) is 10.2. The molecule has 0 amide bonds. The van der Waals surface area contributed by atoms with Crippen molar-refractivity contribution in [2.24, 2.45) is 0 Å². The van der Waals surface area contributed by atoms with Crippen molar-refractivity contribution in [1.82, 2.24) is 4.98 Å². The summed E-state index contributed by atoms with van der Waals surface area (Å²) in [6.07, 6.45) is 6.56. The summed E-state index contributed by atoms with van der Waals surface area (Å²) in [6, 6.07) is 6.56. The number of thiophene rings is 1. The SMILES string of the molecule is CCc1ccc(-c2c(C#N)c(N)nc3c2CCCCC3)s1. The summed E-state index contributed by atoms with van der Waals surface area (Å²) in [5.74, 6) is 0.389. The Morgan fingerprint density at radius 1 is 1.29 bits per heavy atom. The first-order valence-corrected chi connectivity index (χ1v) is 8.36. The van der Waals surface area contributed by atoms with Gasteiger partial charge in [0.15, 0.2) is 0 Å². The lowest BCUT2D eigenvalue weighted by atomic mass is 9.96. The fraction of sp³-hybridized carbons (Fsp3) is 0.412. The molecular weight excluding hydrogens is 278 g/mol. The van der Waals surface area contributed by atoms with E-state index >= 15 is 0 Å². The van der Waals surface area contributed by atoms with Crippen LogP contribution in [0.2, 0.25) is 0 Å². The molecule has 0 aromatic carbocycles. The van der Waals surface area contributed by atoms with Gasteiger partial charge in [0, 0.05) is 21.0 Å². The number of aromatic nitrogens is 1. The van der Waals surface area contributed by atoms with Gasteiger partial charge in [-0.15, -0.1) is 11.3 Å². The molecule has 1 aliphatic carbocycles. The topological polar surface area (TPSA) is 62.7 Å². The van der Waals surface area contributed by atoms with Gasteiger partial charge in [0.05, 0.1) is 0 Å². The van der Waals surface area contributed by atoms with Crippen LogP contribution >= 0.6 is 11.3 Å². The third-order valence-corrected chi connectivity index (χ3v) is 5.37. The quantitative estimate of drug-likeness (QED) is 0.849. The molecule has 0 spiro atoms. The van der Waals surface area contributed by atoms with Gasteiger partial charge in [-0.25, -0.2) is 4.98 Å². The third kappa shape index (κ3) is 2.54. The van der Waals surface area contributed by atoms with Gasteiger partial charge >= 0.3 is 0 Å². The number of nitriles is 1. The Morgan fingerprint density at radius 3 is 2.81 bits per heavy atom. The molecule has 0 aliphatic heterocycles. The Labute approximate surface area is 129 Å². The molecule has 108 valence electrons. The van der Waals surface area contributed by atoms with Gasteiger partial charge in [0.2, 0.25) is 0 Å². The fourth-order valence-electron chi connectivity index (χ4n) is 3.03. The van der Waals surface area contributed by atoms with E-state index in [-0.39, 0.29) is 0 Å². The van der Waals surface area contributed by atoms with Crippen molar-refractivity contribution in [3.05, 3.63) is 33.8 Å². The summed E-state index contributed by atoms with van der Waals surface area (Å²) >= 11 is 1.77. The van der Waals surface area contributed by atoms with E-state index in [1.165, 1.54) is 23.3 Å². The molecule has 0 saturated heterocycles. The Balaban J connectivity index is 2.25. The van der Waals surface area contributed by atoms with Gasteiger partial charge in [-0.2, -0.15) is 5.26 Å². The van der Waals surface area contributed by atoms with Crippen molar-refractivity contribution in [2.75, 3.05) is 5.73 Å². The highest BCUT2D eigenvalue weighted by molar-refractivity contribution is 7.15. The van der Waals surface area contributed by atoms with E-state index in [1.807, 2.05) is 0 Å². The zero-order valence-electron chi connectivity index (χ0n) is 12.3. The molecule has 2 aromatic rings. The predicted octanol–water partition coefficient (Wildman–Crippen LogP) is 4.10. The molecule has 3 rings (SSSR count). The summed E-state index contributed by atoms with van der Waals surface area (Å²) < 4.78 is 0. The van der Waals surface area contributed by atoms with Crippen molar-refractivity contribution < 1.29 is 0 Å². The molecule has 0 fully saturated rings. The Kier molecular flexibility index (Phi) is 3.94. The predicted molar refractivity (Wildman–Crippen MR) is 87.3 cm³/mol. The molecule has 0 radical (unpaired) electrons. The lowest BCUT2D eigenvalue weighted by Gasteiger charge is -2.14. The molecule has 3 nitrogen and oxygen atoms in total. The number of hydrogen-bond donors (Lipinski definition) is 1. The minimum atomic E-state index is 0.389. The van der Waals surface area contributed by atoms with Crippen LogP contribution in [0, 0.1) is 11.3 Å². The molecule has 2 N–H and O–H groups in total. The van der Waals surface area contributed by atoms with E-state index < -0.39 is 0 Å². The van der Waals surface area contributed by atoms with E-state index in [1.54, 1.807) is 11.3 Å². The minimum Gasteiger partial charge on any atom is -0.383 e. The standard InChI is InChI=1S/C17H19N3S/c1-2-11-8-9-15(21-11)16-12-6-4-3-5-7-14(12)20-17(19)13(16)10-18/h8-9H,2-7H2,1H3,(H2,19,20). The van der Waals surface area contributed by atoms with Crippen LogP contribution in [0.25, 0.3) is 10.4 Å². The lowest BCUT2D eigenvalue weighted by molar-refractivity contribution is 0.709. The molecule has 1 aliphatic rings. The van der Waals surface area contributed by atoms with Crippen LogP contribution < -0.4 is 5.73 Å². The van der Waals surface area contributed by atoms with Crippen LogP contribution in [0.3, 0.4) is 0 Å². The minimum absolute atomic E-state index is 0.389. The van der Waals surface area contributed by atoms with Crippen LogP contribution in [-0.2, 0) is 19.3 Å². The summed E-state index contributed by atoms with van der Waals surface area (Å²) in [5, 5.41) is 9.53. The molecule has 4 heteroatoms. The smallest absolute Gasteiger partial charge is 0.142 e. The van der Waals surface area contributed by atoms with Gasteiger partial charge in [0.1, 0.15) is 17.5 Å². The van der Waals surface area contributed by atoms with Gasteiger partial charge < -0.3 is 5.73 Å². The highest BCUT2D eigenvalue weighted by Crippen LogP contribution is 2.38. The van der Waals surface area contributed by atoms with Crippen LogP contribution in [-0.4, -0.2) is 4.98 Å². The highest BCUT2D eigenvalue weighted by atomic mass is 32.1. The molecule has 0 unspecified atom stereocenters. The number of anilines is 1. The van der Waals surface area contributed by atoms with Gasteiger partial charge in [-0.3, -0.25) is 0 Å². The lowest BCUT2D eigenvalue weighted by Crippen LogP contribution is -2.06. The fourth-order valence-corrected chi connectivity index (χ4v) is 4.05. The Morgan fingerprint density at radius 2 is 2.10 bits per heavy atom. The number of hydrogen-bond acceptors (Lipinski definition) is 4. The number of nitrogens with two attached hydrogens (primary N) is 1. The van der Waals surface area contributed by atoms with Gasteiger partial charge in [-0.05, 0) is 49.8 Å². The zero-order chi connectivity index (χ0) is 14.8. The zero-order valence-corrected chi connectivity index (χ0v) is 13.1. The maximum absolute atomic E-state index is 9.53. The molecule has 2 aromatic heterocycles. The number of nitrogens with zero attached hydrogens (tertiary/aromatic N) is 2. The van der Waals surface area contributed by atoms with E-state index in [2.05, 4.69) is 30.1 Å². The highest BCUT2D eigenvalue weighted by Gasteiger charge is 2.22. The number of rotatable bonds is 2. The molecule has 2 heterocycles. The molecular formula is C17H19N3S. The van der Waals surface area contributed by atoms with Crippen LogP contribution in [0.4, 0.5) is 5.82 Å². The number of aryl methyl sites for hydroxylation is 2. The van der Waals surface area contributed by atoms with E-state index in [0.29, 0.717) is 11.4 Å². The van der Waals surface area contributed by atoms with Crippen molar-refractivity contribution in [3.8, 4) is 16.5 Å². The number of fused-ring (bicyclic) bond motifs is 1. The summed E-state index contributed by atoms with van der Waals surface area (Å²) in [6.45, 7) is 2.15. The summed E-state index contributed by atoms with van der Waals surface area (Å²) in [7, 11) is 0. The first kappa shape index (κ1) is 14.1. The second-order valence-corrected chi connectivity index (χ2v) is 6.63. The maximum Gasteiger partial charge on any atom is 0.142 e. The number of pyridine rings is 1. The number of nitrogen functional groups attached to an aromatic ring is 1. The van der Waals surface area contributed by atoms with Crippen LogP contribution in [0.5, 0.6) is 0 Å². The normalized spacial score (nSPS) is 14.3. The monoisotopic (exact) mass is 297 g/mol. The molecule has 0 saturated carbocycles. The van der Waals surface area contributed by atoms with Crippen molar-refractivity contribution in [1.29, 1.82) is 5.26 Å². The van der Waals surface area contributed by atoms with E-state index in [4.69, 9.17) is 5.73 Å². The largest absolute Gasteiger partial charge is 0.383 e. The molecule has 0 atom stereocenters. The van der Waals surface area contributed by atoms with Gasteiger partial charge in [-0.1, -0.05) is 13.3 Å². The molecule has 0 bridgehead atoms. The second-order valence-electron chi connectivity index (χ2n) is 5.46. The van der Waals surface area contributed by atoms with Gasteiger partial charge in [0.25, 0.3) is 0 Å². The third-order valence-electron chi connectivity index (χ3n) is 4.12. The van der Waals surface area contributed by atoms with E-state index in [9.17, 15) is 5.26 Å². The average molecular weight is 297 g/mol. The van der Waals surface area contributed by atoms with Crippen LogP contribution in [0.15, 0.2) is 12.1 Å². The average Bonchev–Trinajstić information content (AvgIpc) is 2.84. The second kappa shape index (κ2) is 5.87. The van der Waals surface area contributed by atoms with Crippen LogP contribution in [0.1, 0.15) is 47.9 Å². The first-order valence-electron chi connectivity index (χ1n) is 7.55. The van der Waals surface area contributed by atoms with Crippen molar-refractivity contribution in [3.63, 3.8) is 0 Å². The van der Waals surface area contributed by atoms with E-state index in [0.717, 1.165) is 41.8 Å². The maximum atomic E-state index is 9.53. The van der Waals surface area contributed by atoms with Crippen molar-refractivity contribution in [2.45, 2.75) is 45.4 Å². The summed E-state index contributed by atoms with van der Waals surface area (Å²) in [5.41, 5.74) is 10.0. The van der Waals surface area contributed by atoms with Crippen molar-refractivity contribution >= 4 is 17.2 Å². The molecule has 21 heavy (non-hydrogen) atoms. The Hall–Kier alpha value is -1.86. The Bertz CT molecular complexity index is 710.